The van der Waals surface area contributed by atoms with Crippen LogP contribution in [0.4, 0.5) is 0 Å². The summed E-state index contributed by atoms with van der Waals surface area (Å²) in [5.41, 5.74) is 2.30. The zero-order valence-electron chi connectivity index (χ0n) is 15.1. The van der Waals surface area contributed by atoms with Gasteiger partial charge in [-0.05, 0) is 49.7 Å². The number of carbonyl (C=O) groups is 1. The lowest BCUT2D eigenvalue weighted by atomic mass is 10.1. The van der Waals surface area contributed by atoms with Crippen molar-refractivity contribution in [1.29, 1.82) is 5.26 Å². The lowest BCUT2D eigenvalue weighted by Crippen LogP contribution is -2.34. The van der Waals surface area contributed by atoms with E-state index in [4.69, 9.17) is 5.26 Å². The van der Waals surface area contributed by atoms with Gasteiger partial charge in [0.1, 0.15) is 5.56 Å². The second kappa shape index (κ2) is 7.71. The van der Waals surface area contributed by atoms with E-state index in [0.717, 1.165) is 5.56 Å². The van der Waals surface area contributed by atoms with E-state index in [1.165, 1.54) is 10.6 Å². The molecule has 0 saturated carbocycles. The Morgan fingerprint density at radius 2 is 1.81 bits per heavy atom. The highest BCUT2D eigenvalue weighted by Crippen LogP contribution is 2.14. The molecule has 1 N–H and O–H groups in total. The topological polar surface area (TPSA) is 74.9 Å². The predicted molar refractivity (Wildman–Crippen MR) is 104 cm³/mol. The Morgan fingerprint density at radius 1 is 1.07 bits per heavy atom. The SMILES string of the molecule is Cc1ccc(C(=O)N[C@@H](C)c2ccccc2)c(=O)n1-c1cccc(C#N)c1. The average Bonchev–Trinajstić information content (AvgIpc) is 2.68. The number of hydrogen-bond acceptors (Lipinski definition) is 3. The van der Waals surface area contributed by atoms with Crippen LogP contribution in [0.15, 0.2) is 71.5 Å². The molecule has 1 amide bonds. The zero-order valence-corrected chi connectivity index (χ0v) is 15.1. The monoisotopic (exact) mass is 357 g/mol. The molecule has 5 nitrogen and oxygen atoms in total. The molecule has 0 aliphatic carbocycles. The highest BCUT2D eigenvalue weighted by Gasteiger charge is 2.17. The second-order valence-electron chi connectivity index (χ2n) is 6.30. The Hall–Kier alpha value is -3.65. The van der Waals surface area contributed by atoms with Gasteiger partial charge in [0.2, 0.25) is 0 Å². The molecule has 2 aromatic carbocycles. The molecule has 1 atom stereocenters. The minimum absolute atomic E-state index is 0.0609. The summed E-state index contributed by atoms with van der Waals surface area (Å²) in [5.74, 6) is -0.429. The maximum Gasteiger partial charge on any atom is 0.268 e. The van der Waals surface area contributed by atoms with Crippen LogP contribution in [0.3, 0.4) is 0 Å². The van der Waals surface area contributed by atoms with E-state index in [-0.39, 0.29) is 11.6 Å². The maximum absolute atomic E-state index is 13.0. The highest BCUT2D eigenvalue weighted by atomic mass is 16.2. The molecule has 0 aliphatic heterocycles. The molecule has 0 radical (unpaired) electrons. The number of aryl methyl sites for hydroxylation is 1. The average molecular weight is 357 g/mol. The summed E-state index contributed by atoms with van der Waals surface area (Å²) < 4.78 is 1.45. The molecule has 134 valence electrons. The summed E-state index contributed by atoms with van der Waals surface area (Å²) in [6.45, 7) is 3.66. The van der Waals surface area contributed by atoms with Crippen molar-refractivity contribution in [2.75, 3.05) is 0 Å². The van der Waals surface area contributed by atoms with E-state index < -0.39 is 11.5 Å². The number of nitrogens with zero attached hydrogens (tertiary/aromatic N) is 2. The number of benzene rings is 2. The summed E-state index contributed by atoms with van der Waals surface area (Å²) >= 11 is 0. The van der Waals surface area contributed by atoms with Gasteiger partial charge in [-0.3, -0.25) is 14.2 Å². The van der Waals surface area contributed by atoms with Gasteiger partial charge < -0.3 is 5.32 Å². The van der Waals surface area contributed by atoms with Crippen LogP contribution >= 0.6 is 0 Å². The molecule has 0 aliphatic rings. The third kappa shape index (κ3) is 3.80. The fourth-order valence-corrected chi connectivity index (χ4v) is 2.94. The van der Waals surface area contributed by atoms with Gasteiger partial charge in [-0.1, -0.05) is 36.4 Å². The van der Waals surface area contributed by atoms with E-state index >= 15 is 0 Å². The van der Waals surface area contributed by atoms with Crippen molar-refractivity contribution in [3.63, 3.8) is 0 Å². The standard InChI is InChI=1S/C22H19N3O2/c1-15-11-12-20(21(26)24-16(2)18-8-4-3-5-9-18)22(27)25(15)19-10-6-7-17(13-19)14-23/h3-13,16H,1-2H3,(H,24,26)/t16-/m0/s1. The molecule has 0 bridgehead atoms. The number of aromatic nitrogens is 1. The van der Waals surface area contributed by atoms with Crippen LogP contribution in [-0.4, -0.2) is 10.5 Å². The molecule has 1 heterocycles. The zero-order chi connectivity index (χ0) is 19.4. The van der Waals surface area contributed by atoms with Crippen LogP contribution in [-0.2, 0) is 0 Å². The fourth-order valence-electron chi connectivity index (χ4n) is 2.94. The van der Waals surface area contributed by atoms with Crippen molar-refractivity contribution in [3.05, 3.63) is 99.5 Å². The largest absolute Gasteiger partial charge is 0.345 e. The summed E-state index contributed by atoms with van der Waals surface area (Å²) in [5, 5.41) is 12.0. The first-order valence-electron chi connectivity index (χ1n) is 8.60. The second-order valence-corrected chi connectivity index (χ2v) is 6.30. The summed E-state index contributed by atoms with van der Waals surface area (Å²) in [4.78, 5) is 25.7. The molecular weight excluding hydrogens is 338 g/mol. The number of rotatable bonds is 4. The Kier molecular flexibility index (Phi) is 5.18. The van der Waals surface area contributed by atoms with Gasteiger partial charge in [0, 0.05) is 5.69 Å². The maximum atomic E-state index is 13.0. The van der Waals surface area contributed by atoms with Crippen molar-refractivity contribution >= 4 is 5.91 Å². The molecule has 1 aromatic heterocycles. The van der Waals surface area contributed by atoms with Gasteiger partial charge in [-0.25, -0.2) is 0 Å². The molecular formula is C22H19N3O2. The number of hydrogen-bond donors (Lipinski definition) is 1. The third-order valence-corrected chi connectivity index (χ3v) is 4.40. The first-order valence-corrected chi connectivity index (χ1v) is 8.60. The van der Waals surface area contributed by atoms with E-state index in [9.17, 15) is 9.59 Å². The van der Waals surface area contributed by atoms with E-state index in [2.05, 4.69) is 11.4 Å². The summed E-state index contributed by atoms with van der Waals surface area (Å²) in [6.07, 6.45) is 0. The van der Waals surface area contributed by atoms with E-state index in [1.807, 2.05) is 37.3 Å². The predicted octanol–water partition coefficient (Wildman–Crippen LogP) is 3.51. The van der Waals surface area contributed by atoms with Crippen LogP contribution in [0, 0.1) is 18.3 Å². The van der Waals surface area contributed by atoms with E-state index in [1.54, 1.807) is 37.3 Å². The number of nitrogens with one attached hydrogen (secondary N) is 1. The van der Waals surface area contributed by atoms with Crippen LogP contribution in [0.5, 0.6) is 0 Å². The number of pyridine rings is 1. The van der Waals surface area contributed by atoms with Gasteiger partial charge in [0.25, 0.3) is 11.5 Å². The third-order valence-electron chi connectivity index (χ3n) is 4.40. The van der Waals surface area contributed by atoms with Crippen molar-refractivity contribution in [2.45, 2.75) is 19.9 Å². The van der Waals surface area contributed by atoms with Gasteiger partial charge in [-0.15, -0.1) is 0 Å². The fraction of sp³-hybridized carbons (Fsp3) is 0.136. The lowest BCUT2D eigenvalue weighted by Gasteiger charge is -2.16. The van der Waals surface area contributed by atoms with Gasteiger partial charge >= 0.3 is 0 Å². The van der Waals surface area contributed by atoms with Crippen molar-refractivity contribution in [1.82, 2.24) is 9.88 Å². The van der Waals surface area contributed by atoms with Crippen LogP contribution in [0.1, 0.15) is 40.1 Å². The number of nitriles is 1. The van der Waals surface area contributed by atoms with Crippen molar-refractivity contribution in [3.8, 4) is 11.8 Å². The molecule has 27 heavy (non-hydrogen) atoms. The van der Waals surface area contributed by atoms with Crippen LogP contribution in [0.25, 0.3) is 5.69 Å². The van der Waals surface area contributed by atoms with Crippen molar-refractivity contribution in [2.24, 2.45) is 0 Å². The quantitative estimate of drug-likeness (QED) is 0.776. The Labute approximate surface area is 157 Å². The van der Waals surface area contributed by atoms with Gasteiger partial charge in [-0.2, -0.15) is 5.26 Å². The molecule has 0 unspecified atom stereocenters. The smallest absolute Gasteiger partial charge is 0.268 e. The Morgan fingerprint density at radius 3 is 2.52 bits per heavy atom. The van der Waals surface area contributed by atoms with Gasteiger partial charge in [0.05, 0.1) is 23.4 Å². The lowest BCUT2D eigenvalue weighted by molar-refractivity contribution is 0.0938. The number of carbonyl (C=O) groups excluding carboxylic acids is 1. The van der Waals surface area contributed by atoms with Gasteiger partial charge in [0.15, 0.2) is 0 Å². The first kappa shape index (κ1) is 18.2. The Bertz CT molecular complexity index is 1080. The molecule has 3 aromatic rings. The minimum atomic E-state index is -0.429. The van der Waals surface area contributed by atoms with E-state index in [0.29, 0.717) is 16.9 Å². The number of amides is 1. The Balaban J connectivity index is 1.97. The van der Waals surface area contributed by atoms with Crippen LogP contribution in [0.2, 0.25) is 0 Å². The summed E-state index contributed by atoms with van der Waals surface area (Å²) in [6, 6.07) is 21.4. The van der Waals surface area contributed by atoms with Crippen LogP contribution < -0.4 is 10.9 Å². The van der Waals surface area contributed by atoms with Crippen molar-refractivity contribution < 1.29 is 4.79 Å². The molecule has 0 fully saturated rings. The molecule has 0 saturated heterocycles. The first-order chi connectivity index (χ1) is 13.0. The molecule has 5 heteroatoms. The normalized spacial score (nSPS) is 11.4. The minimum Gasteiger partial charge on any atom is -0.345 e. The molecule has 0 spiro atoms. The molecule has 3 rings (SSSR count). The highest BCUT2D eigenvalue weighted by molar-refractivity contribution is 5.94. The summed E-state index contributed by atoms with van der Waals surface area (Å²) in [7, 11) is 0.